The smallest absolute Gasteiger partial charge is 0.191 e. The van der Waals surface area contributed by atoms with Crippen molar-refractivity contribution in [3.05, 3.63) is 0 Å². The molecular weight excluding hydrogens is 421 g/mol. The number of halogens is 1. The number of ether oxygens (including phenoxy) is 2. The topological polar surface area (TPSA) is 61.4 Å². The van der Waals surface area contributed by atoms with Crippen LogP contribution in [0.1, 0.15) is 13.3 Å². The normalized spacial score (nSPS) is 11.7. The molecule has 0 bridgehead atoms. The van der Waals surface area contributed by atoms with Crippen LogP contribution in [-0.4, -0.2) is 103 Å². The molecule has 0 aromatic rings. The molecule has 0 amide bonds. The first-order valence-electron chi connectivity index (χ1n) is 8.51. The second kappa shape index (κ2) is 19.2. The highest BCUT2D eigenvalue weighted by molar-refractivity contribution is 14.0. The van der Waals surface area contributed by atoms with Crippen LogP contribution in [0.4, 0.5) is 0 Å². The van der Waals surface area contributed by atoms with Gasteiger partial charge in [-0.15, -0.1) is 24.0 Å². The van der Waals surface area contributed by atoms with Gasteiger partial charge in [-0.25, -0.2) is 0 Å². The number of nitrogens with zero attached hydrogens (tertiary/aromatic N) is 3. The van der Waals surface area contributed by atoms with E-state index in [0.717, 1.165) is 71.4 Å². The molecule has 0 aromatic heterocycles. The number of guanidine groups is 1. The predicted molar refractivity (Wildman–Crippen MR) is 113 cm³/mol. The largest absolute Gasteiger partial charge is 0.385 e. The van der Waals surface area contributed by atoms with Gasteiger partial charge >= 0.3 is 0 Å². The molecule has 0 aromatic carbocycles. The van der Waals surface area contributed by atoms with Crippen molar-refractivity contribution in [1.82, 2.24) is 20.4 Å². The van der Waals surface area contributed by atoms with E-state index < -0.39 is 0 Å². The zero-order valence-corrected chi connectivity index (χ0v) is 18.5. The summed E-state index contributed by atoms with van der Waals surface area (Å²) in [6.45, 7) is 10.1. The fourth-order valence-corrected chi connectivity index (χ4v) is 1.99. The van der Waals surface area contributed by atoms with Crippen molar-refractivity contribution in [2.45, 2.75) is 13.3 Å². The first kappa shape index (κ1) is 26.1. The molecule has 0 saturated heterocycles. The minimum absolute atomic E-state index is 0. The van der Waals surface area contributed by atoms with Crippen LogP contribution in [0.2, 0.25) is 0 Å². The molecule has 7 nitrogen and oxygen atoms in total. The van der Waals surface area contributed by atoms with E-state index in [9.17, 15) is 0 Å². The van der Waals surface area contributed by atoms with Crippen molar-refractivity contribution in [2.75, 3.05) is 87.3 Å². The van der Waals surface area contributed by atoms with E-state index in [1.54, 1.807) is 14.2 Å². The van der Waals surface area contributed by atoms with Gasteiger partial charge in [0, 0.05) is 60.1 Å². The molecule has 0 aliphatic rings. The third kappa shape index (κ3) is 16.7. The van der Waals surface area contributed by atoms with Gasteiger partial charge in [-0.3, -0.25) is 4.99 Å². The van der Waals surface area contributed by atoms with Gasteiger partial charge in [0.15, 0.2) is 5.96 Å². The summed E-state index contributed by atoms with van der Waals surface area (Å²) >= 11 is 0. The van der Waals surface area contributed by atoms with Gasteiger partial charge in [0.25, 0.3) is 0 Å². The van der Waals surface area contributed by atoms with Crippen molar-refractivity contribution in [3.63, 3.8) is 0 Å². The maximum absolute atomic E-state index is 5.07. The van der Waals surface area contributed by atoms with Gasteiger partial charge in [0.2, 0.25) is 0 Å². The van der Waals surface area contributed by atoms with Crippen LogP contribution >= 0.6 is 24.0 Å². The number of rotatable bonds is 14. The molecule has 0 saturated carbocycles. The van der Waals surface area contributed by atoms with E-state index in [0.29, 0.717) is 0 Å². The fraction of sp³-hybridized carbons (Fsp3) is 0.938. The summed E-state index contributed by atoms with van der Waals surface area (Å²) in [6, 6.07) is 0. The molecule has 0 atom stereocenters. The SMILES string of the molecule is CCNC(=NCCN(C)CCOC)NCCN(C)CCCOC.I. The Kier molecular flexibility index (Phi) is 20.8. The van der Waals surface area contributed by atoms with Crippen molar-refractivity contribution >= 4 is 29.9 Å². The Labute approximate surface area is 165 Å². The Morgan fingerprint density at radius 2 is 1.58 bits per heavy atom. The third-order valence-electron chi connectivity index (χ3n) is 3.45. The molecule has 0 fully saturated rings. The quantitative estimate of drug-likeness (QED) is 0.173. The van der Waals surface area contributed by atoms with E-state index in [1.807, 2.05) is 0 Å². The third-order valence-corrected chi connectivity index (χ3v) is 3.45. The molecule has 0 heterocycles. The molecule has 2 N–H and O–H groups in total. The van der Waals surface area contributed by atoms with Crippen LogP contribution in [0, 0.1) is 0 Å². The van der Waals surface area contributed by atoms with Crippen molar-refractivity contribution in [1.29, 1.82) is 0 Å². The van der Waals surface area contributed by atoms with Gasteiger partial charge in [-0.05, 0) is 27.4 Å². The van der Waals surface area contributed by atoms with Crippen LogP contribution in [0.15, 0.2) is 4.99 Å². The molecule has 0 radical (unpaired) electrons. The summed E-state index contributed by atoms with van der Waals surface area (Å²) in [6.07, 6.45) is 1.06. The van der Waals surface area contributed by atoms with Gasteiger partial charge in [0.1, 0.15) is 0 Å². The standard InChI is InChI=1S/C16H37N5O2.HI/c1-6-17-16(19-9-12-21(3)13-15-23-5)18-8-11-20(2)10-7-14-22-4;/h6-15H2,1-5H3,(H2,17,18,19);1H. The Morgan fingerprint density at radius 1 is 0.917 bits per heavy atom. The van der Waals surface area contributed by atoms with Crippen LogP contribution < -0.4 is 10.6 Å². The number of nitrogens with one attached hydrogen (secondary N) is 2. The summed E-state index contributed by atoms with van der Waals surface area (Å²) in [5.41, 5.74) is 0. The minimum atomic E-state index is 0. The molecule has 8 heteroatoms. The van der Waals surface area contributed by atoms with Crippen LogP contribution in [0.25, 0.3) is 0 Å². The lowest BCUT2D eigenvalue weighted by Gasteiger charge is -2.18. The van der Waals surface area contributed by atoms with Crippen LogP contribution in [0.5, 0.6) is 0 Å². The fourth-order valence-electron chi connectivity index (χ4n) is 1.99. The Morgan fingerprint density at radius 3 is 2.21 bits per heavy atom. The summed E-state index contributed by atoms with van der Waals surface area (Å²) in [4.78, 5) is 9.13. The summed E-state index contributed by atoms with van der Waals surface area (Å²) in [7, 11) is 7.69. The molecule has 0 aliphatic carbocycles. The first-order valence-corrected chi connectivity index (χ1v) is 8.51. The summed E-state index contributed by atoms with van der Waals surface area (Å²) in [5.74, 6) is 0.887. The van der Waals surface area contributed by atoms with Crippen molar-refractivity contribution < 1.29 is 9.47 Å². The lowest BCUT2D eigenvalue weighted by atomic mass is 10.4. The van der Waals surface area contributed by atoms with E-state index in [4.69, 9.17) is 9.47 Å². The van der Waals surface area contributed by atoms with Gasteiger partial charge in [-0.1, -0.05) is 0 Å². The number of hydrogen-bond donors (Lipinski definition) is 2. The number of aliphatic imine (C=N–C) groups is 1. The second-order valence-corrected chi connectivity index (χ2v) is 5.63. The number of methoxy groups -OCH3 is 2. The minimum Gasteiger partial charge on any atom is -0.385 e. The zero-order valence-electron chi connectivity index (χ0n) is 16.1. The first-order chi connectivity index (χ1) is 11.1. The van der Waals surface area contributed by atoms with E-state index in [2.05, 4.69) is 46.4 Å². The highest BCUT2D eigenvalue weighted by atomic mass is 127. The maximum atomic E-state index is 5.07. The highest BCUT2D eigenvalue weighted by Gasteiger charge is 2.01. The maximum Gasteiger partial charge on any atom is 0.191 e. The average Bonchev–Trinajstić information content (AvgIpc) is 2.53. The molecule has 0 aliphatic heterocycles. The second-order valence-electron chi connectivity index (χ2n) is 5.63. The number of hydrogen-bond acceptors (Lipinski definition) is 5. The lowest BCUT2D eigenvalue weighted by molar-refractivity contribution is 0.163. The molecule has 0 spiro atoms. The predicted octanol–water partition coefficient (Wildman–Crippen LogP) is 0.706. The van der Waals surface area contributed by atoms with E-state index in [1.165, 1.54) is 0 Å². The molecular formula is C16H38IN5O2. The monoisotopic (exact) mass is 459 g/mol. The molecule has 0 unspecified atom stereocenters. The molecule has 0 rings (SSSR count). The lowest BCUT2D eigenvalue weighted by Crippen LogP contribution is -2.41. The Hall–Kier alpha value is -0.160. The zero-order chi connectivity index (χ0) is 17.3. The summed E-state index contributed by atoms with van der Waals surface area (Å²) < 4.78 is 10.1. The highest BCUT2D eigenvalue weighted by Crippen LogP contribution is 1.87. The van der Waals surface area contributed by atoms with Crippen molar-refractivity contribution in [3.8, 4) is 0 Å². The van der Waals surface area contributed by atoms with Gasteiger partial charge in [0.05, 0.1) is 13.2 Å². The van der Waals surface area contributed by atoms with Crippen LogP contribution in [0.3, 0.4) is 0 Å². The van der Waals surface area contributed by atoms with Gasteiger partial charge < -0.3 is 29.9 Å². The van der Waals surface area contributed by atoms with Crippen LogP contribution in [-0.2, 0) is 9.47 Å². The average molecular weight is 459 g/mol. The Balaban J connectivity index is 0. The van der Waals surface area contributed by atoms with Crippen molar-refractivity contribution in [2.24, 2.45) is 4.99 Å². The van der Waals surface area contributed by atoms with Gasteiger partial charge in [-0.2, -0.15) is 0 Å². The van der Waals surface area contributed by atoms with E-state index >= 15 is 0 Å². The molecule has 24 heavy (non-hydrogen) atoms. The van der Waals surface area contributed by atoms with E-state index in [-0.39, 0.29) is 24.0 Å². The molecule has 146 valence electrons. The Bertz CT molecular complexity index is 296. The number of likely N-dealkylation sites (N-methyl/N-ethyl adjacent to an activating group) is 2. The summed E-state index contributed by atoms with van der Waals surface area (Å²) in [5, 5.41) is 6.66.